The van der Waals surface area contributed by atoms with Gasteiger partial charge in [-0.1, -0.05) is 25.1 Å². The van der Waals surface area contributed by atoms with Crippen LogP contribution in [0.5, 0.6) is 0 Å². The molecular weight excluding hydrogens is 306 g/mol. The highest BCUT2D eigenvalue weighted by molar-refractivity contribution is 5.92. The molecule has 1 aromatic carbocycles. The van der Waals surface area contributed by atoms with Crippen molar-refractivity contribution in [3.63, 3.8) is 0 Å². The fraction of sp³-hybridized carbons (Fsp3) is 0.235. The molecule has 2 N–H and O–H groups in total. The van der Waals surface area contributed by atoms with Gasteiger partial charge in [-0.3, -0.25) is 14.7 Å². The van der Waals surface area contributed by atoms with Crippen LogP contribution in [0.3, 0.4) is 0 Å². The minimum Gasteiger partial charge on any atom is -0.346 e. The maximum Gasteiger partial charge on any atom is 0.271 e. The second kappa shape index (κ2) is 6.99. The molecular formula is C17H19N5O2. The summed E-state index contributed by atoms with van der Waals surface area (Å²) < 4.78 is 3.26. The second-order valence-corrected chi connectivity index (χ2v) is 5.52. The van der Waals surface area contributed by atoms with Crippen LogP contribution < -0.4 is 10.9 Å². The van der Waals surface area contributed by atoms with E-state index in [0.717, 1.165) is 6.42 Å². The molecule has 1 atom stereocenters. The summed E-state index contributed by atoms with van der Waals surface area (Å²) in [6, 6.07) is 10.4. The maximum atomic E-state index is 12.4. The molecule has 0 spiro atoms. The number of hydrogen-bond donors (Lipinski definition) is 2. The second-order valence-electron chi connectivity index (χ2n) is 5.52. The topological polar surface area (TPSA) is 84.7 Å². The Hall–Kier alpha value is -3.09. The van der Waals surface area contributed by atoms with Gasteiger partial charge < -0.3 is 9.88 Å². The number of carbonyl (C=O) groups is 1. The van der Waals surface area contributed by atoms with E-state index in [0.29, 0.717) is 12.2 Å². The van der Waals surface area contributed by atoms with E-state index in [9.17, 15) is 9.59 Å². The lowest BCUT2D eigenvalue weighted by molar-refractivity contribution is 0.0926. The number of carbonyl (C=O) groups excluding carboxylic acids is 1. The summed E-state index contributed by atoms with van der Waals surface area (Å²) in [4.78, 5) is 28.5. The molecule has 2 aromatic heterocycles. The van der Waals surface area contributed by atoms with Gasteiger partial charge in [0.2, 0.25) is 0 Å². The first-order valence-electron chi connectivity index (χ1n) is 7.81. The standard InChI is InChI=1S/C17H19N5O2/c1-2-13(11-21-9-8-18-12-21)19-17(24)15-10-16(23)22(20-15)14-6-4-3-5-7-14/h3-10,12-13,20H,2,11H2,1H3,(H,19,24)/t13-/m0/s1. The monoisotopic (exact) mass is 325 g/mol. The first kappa shape index (κ1) is 15.8. The number of imidazole rings is 1. The predicted octanol–water partition coefficient (Wildman–Crippen LogP) is 1.57. The molecule has 0 saturated carbocycles. The smallest absolute Gasteiger partial charge is 0.271 e. The Morgan fingerprint density at radius 2 is 2.12 bits per heavy atom. The first-order chi connectivity index (χ1) is 11.7. The molecule has 0 aliphatic rings. The summed E-state index contributed by atoms with van der Waals surface area (Å²) in [5.41, 5.74) is 0.661. The van der Waals surface area contributed by atoms with Crippen molar-refractivity contribution in [2.75, 3.05) is 0 Å². The molecule has 0 bridgehead atoms. The normalized spacial score (nSPS) is 12.0. The SMILES string of the molecule is CC[C@@H](Cn1ccnc1)NC(=O)c1cc(=O)n(-c2ccccc2)[nH]1. The summed E-state index contributed by atoms with van der Waals surface area (Å²) in [6.07, 6.45) is 6.03. The highest BCUT2D eigenvalue weighted by atomic mass is 16.2. The van der Waals surface area contributed by atoms with Crippen LogP contribution in [-0.4, -0.2) is 31.3 Å². The first-order valence-corrected chi connectivity index (χ1v) is 7.81. The highest BCUT2D eigenvalue weighted by Gasteiger charge is 2.16. The van der Waals surface area contributed by atoms with Crippen molar-refractivity contribution in [3.05, 3.63) is 71.2 Å². The molecule has 0 aliphatic carbocycles. The minimum absolute atomic E-state index is 0.0460. The number of aromatic amines is 1. The van der Waals surface area contributed by atoms with Gasteiger partial charge >= 0.3 is 0 Å². The van der Waals surface area contributed by atoms with E-state index in [1.165, 1.54) is 10.7 Å². The summed E-state index contributed by atoms with van der Waals surface area (Å²) in [6.45, 7) is 2.63. The molecule has 3 aromatic rings. The van der Waals surface area contributed by atoms with Crippen LogP contribution in [0, 0.1) is 0 Å². The van der Waals surface area contributed by atoms with Gasteiger partial charge in [0.15, 0.2) is 0 Å². The fourth-order valence-corrected chi connectivity index (χ4v) is 2.47. The summed E-state index contributed by atoms with van der Waals surface area (Å²) >= 11 is 0. The van der Waals surface area contributed by atoms with Gasteiger partial charge in [-0.05, 0) is 18.6 Å². The highest BCUT2D eigenvalue weighted by Crippen LogP contribution is 2.04. The van der Waals surface area contributed by atoms with E-state index in [4.69, 9.17) is 0 Å². The maximum absolute atomic E-state index is 12.4. The van der Waals surface area contributed by atoms with Gasteiger partial charge in [0, 0.05) is 31.0 Å². The Bertz CT molecular complexity index is 849. The largest absolute Gasteiger partial charge is 0.346 e. The zero-order valence-electron chi connectivity index (χ0n) is 13.3. The van der Waals surface area contributed by atoms with E-state index < -0.39 is 0 Å². The number of amides is 1. The third-order valence-electron chi connectivity index (χ3n) is 3.80. The van der Waals surface area contributed by atoms with Crippen molar-refractivity contribution in [2.24, 2.45) is 0 Å². The molecule has 2 heterocycles. The van der Waals surface area contributed by atoms with Gasteiger partial charge in [0.25, 0.3) is 11.5 Å². The van der Waals surface area contributed by atoms with E-state index in [-0.39, 0.29) is 23.2 Å². The van der Waals surface area contributed by atoms with Gasteiger partial charge in [0.05, 0.1) is 12.0 Å². The van der Waals surface area contributed by atoms with Crippen LogP contribution in [0.2, 0.25) is 0 Å². The minimum atomic E-state index is -0.297. The number of nitrogens with zero attached hydrogens (tertiary/aromatic N) is 3. The van der Waals surface area contributed by atoms with Gasteiger partial charge in [-0.15, -0.1) is 0 Å². The van der Waals surface area contributed by atoms with Crippen LogP contribution >= 0.6 is 0 Å². The third-order valence-corrected chi connectivity index (χ3v) is 3.80. The molecule has 0 fully saturated rings. The van der Waals surface area contributed by atoms with Crippen molar-refractivity contribution in [2.45, 2.75) is 25.9 Å². The van der Waals surface area contributed by atoms with E-state index in [2.05, 4.69) is 15.4 Å². The van der Waals surface area contributed by atoms with Crippen LogP contribution in [-0.2, 0) is 6.54 Å². The molecule has 7 heteroatoms. The number of hydrogen-bond acceptors (Lipinski definition) is 3. The molecule has 0 radical (unpaired) electrons. The van der Waals surface area contributed by atoms with Crippen molar-refractivity contribution in [1.29, 1.82) is 0 Å². The van der Waals surface area contributed by atoms with Crippen LogP contribution in [0.1, 0.15) is 23.8 Å². The lowest BCUT2D eigenvalue weighted by Gasteiger charge is -2.16. The number of aromatic nitrogens is 4. The third kappa shape index (κ3) is 3.45. The zero-order valence-corrected chi connectivity index (χ0v) is 13.3. The Labute approximate surface area is 138 Å². The predicted molar refractivity (Wildman–Crippen MR) is 90.2 cm³/mol. The lowest BCUT2D eigenvalue weighted by Crippen LogP contribution is -2.37. The van der Waals surface area contributed by atoms with Gasteiger partial charge in [-0.2, -0.15) is 0 Å². The fourth-order valence-electron chi connectivity index (χ4n) is 2.47. The number of nitrogens with one attached hydrogen (secondary N) is 2. The van der Waals surface area contributed by atoms with Crippen molar-refractivity contribution < 1.29 is 4.79 Å². The number of benzene rings is 1. The van der Waals surface area contributed by atoms with Crippen molar-refractivity contribution in [1.82, 2.24) is 24.6 Å². The average Bonchev–Trinajstić information content (AvgIpc) is 3.24. The molecule has 124 valence electrons. The van der Waals surface area contributed by atoms with Crippen molar-refractivity contribution in [3.8, 4) is 5.69 Å². The Morgan fingerprint density at radius 1 is 1.33 bits per heavy atom. The van der Waals surface area contributed by atoms with Gasteiger partial charge in [0.1, 0.15) is 5.69 Å². The molecule has 0 saturated heterocycles. The summed E-state index contributed by atoms with van der Waals surface area (Å²) in [5, 5.41) is 5.80. The zero-order chi connectivity index (χ0) is 16.9. The summed E-state index contributed by atoms with van der Waals surface area (Å²) in [5.74, 6) is -0.297. The molecule has 24 heavy (non-hydrogen) atoms. The van der Waals surface area contributed by atoms with Gasteiger partial charge in [-0.25, -0.2) is 9.67 Å². The number of rotatable bonds is 6. The molecule has 1 amide bonds. The lowest BCUT2D eigenvalue weighted by atomic mass is 10.2. The molecule has 0 aliphatic heterocycles. The van der Waals surface area contributed by atoms with E-state index in [1.807, 2.05) is 35.9 Å². The van der Waals surface area contributed by atoms with Crippen LogP contribution in [0.25, 0.3) is 5.69 Å². The average molecular weight is 325 g/mol. The van der Waals surface area contributed by atoms with Crippen LogP contribution in [0.15, 0.2) is 59.9 Å². The van der Waals surface area contributed by atoms with Crippen LogP contribution in [0.4, 0.5) is 0 Å². The Balaban J connectivity index is 1.74. The van der Waals surface area contributed by atoms with Crippen molar-refractivity contribution >= 4 is 5.91 Å². The quantitative estimate of drug-likeness (QED) is 0.721. The number of para-hydroxylation sites is 1. The Morgan fingerprint density at radius 3 is 2.79 bits per heavy atom. The summed E-state index contributed by atoms with van der Waals surface area (Å²) in [7, 11) is 0. The number of H-pyrrole nitrogens is 1. The molecule has 7 nitrogen and oxygen atoms in total. The Kier molecular flexibility index (Phi) is 4.60. The van der Waals surface area contributed by atoms with E-state index in [1.54, 1.807) is 24.7 Å². The van der Waals surface area contributed by atoms with E-state index >= 15 is 0 Å². The molecule has 0 unspecified atom stereocenters. The molecule has 3 rings (SSSR count).